The van der Waals surface area contributed by atoms with Crippen molar-refractivity contribution in [3.05, 3.63) is 35.4 Å². The molecule has 18 heavy (non-hydrogen) atoms. The summed E-state index contributed by atoms with van der Waals surface area (Å²) in [6.45, 7) is 0.857. The molecule has 2 unspecified atom stereocenters. The molecule has 1 aromatic carbocycles. The molecule has 2 rings (SSSR count). The minimum absolute atomic E-state index is 0.231. The number of carbonyl (C=O) groups excluding carboxylic acids is 1. The zero-order valence-corrected chi connectivity index (χ0v) is 10.4. The fourth-order valence-electron chi connectivity index (χ4n) is 2.68. The lowest BCUT2D eigenvalue weighted by Gasteiger charge is -2.19. The second kappa shape index (κ2) is 5.98. The van der Waals surface area contributed by atoms with Crippen LogP contribution in [0.1, 0.15) is 35.2 Å². The number of nitrogens with one attached hydrogen (secondary N) is 1. The number of carbonyl (C=O) groups is 1. The lowest BCUT2D eigenvalue weighted by Crippen LogP contribution is -2.34. The van der Waals surface area contributed by atoms with E-state index in [9.17, 15) is 9.90 Å². The number of rotatable bonds is 5. The van der Waals surface area contributed by atoms with Crippen LogP contribution in [-0.2, 0) is 6.54 Å². The van der Waals surface area contributed by atoms with Gasteiger partial charge in [0.15, 0.2) is 0 Å². The lowest BCUT2D eigenvalue weighted by molar-refractivity contribution is 0.0999. The molecule has 98 valence electrons. The maximum atomic E-state index is 11.3. The highest BCUT2D eigenvalue weighted by Crippen LogP contribution is 2.25. The molecule has 1 amide bonds. The second-order valence-electron chi connectivity index (χ2n) is 4.88. The first-order valence-electron chi connectivity index (χ1n) is 6.44. The Bertz CT molecular complexity index is 420. The molecule has 1 aliphatic rings. The number of hydrogen-bond acceptors (Lipinski definition) is 3. The maximum Gasteiger partial charge on any atom is 0.249 e. The van der Waals surface area contributed by atoms with Crippen LogP contribution in [0.2, 0.25) is 0 Å². The van der Waals surface area contributed by atoms with Gasteiger partial charge in [0, 0.05) is 24.8 Å². The van der Waals surface area contributed by atoms with Crippen molar-refractivity contribution in [2.24, 2.45) is 11.7 Å². The summed E-state index contributed by atoms with van der Waals surface area (Å²) in [5.74, 6) is -0.0525. The average molecular weight is 248 g/mol. The van der Waals surface area contributed by atoms with Gasteiger partial charge in [0.25, 0.3) is 0 Å². The van der Waals surface area contributed by atoms with Crippen LogP contribution in [-0.4, -0.2) is 23.7 Å². The Morgan fingerprint density at radius 1 is 1.39 bits per heavy atom. The maximum absolute atomic E-state index is 11.3. The molecule has 0 spiro atoms. The number of amides is 1. The summed E-state index contributed by atoms with van der Waals surface area (Å²) < 4.78 is 0. The van der Waals surface area contributed by atoms with Crippen molar-refractivity contribution >= 4 is 5.91 Å². The monoisotopic (exact) mass is 248 g/mol. The van der Waals surface area contributed by atoms with Crippen LogP contribution in [0.15, 0.2) is 24.3 Å². The van der Waals surface area contributed by atoms with E-state index in [2.05, 4.69) is 5.32 Å². The third kappa shape index (κ3) is 2.89. The minimum Gasteiger partial charge on any atom is -0.396 e. The summed E-state index contributed by atoms with van der Waals surface area (Å²) in [4.78, 5) is 11.3. The van der Waals surface area contributed by atoms with Gasteiger partial charge >= 0.3 is 0 Å². The molecular formula is C14H20N2O2. The highest BCUT2D eigenvalue weighted by Gasteiger charge is 2.26. The number of hydrogen-bond donors (Lipinski definition) is 3. The molecule has 0 aromatic heterocycles. The van der Waals surface area contributed by atoms with Crippen molar-refractivity contribution in [1.29, 1.82) is 0 Å². The summed E-state index contributed by atoms with van der Waals surface area (Å²) in [6.07, 6.45) is 3.32. The van der Waals surface area contributed by atoms with Crippen LogP contribution < -0.4 is 11.1 Å². The fraction of sp³-hybridized carbons (Fsp3) is 0.500. The van der Waals surface area contributed by atoms with Crippen LogP contribution in [0.4, 0.5) is 0 Å². The van der Waals surface area contributed by atoms with Crippen LogP contribution in [0.25, 0.3) is 0 Å². The number of nitrogens with two attached hydrogens (primary N) is 1. The van der Waals surface area contributed by atoms with Crippen LogP contribution in [0.5, 0.6) is 0 Å². The Kier molecular flexibility index (Phi) is 4.33. The van der Waals surface area contributed by atoms with Gasteiger partial charge in [-0.25, -0.2) is 0 Å². The summed E-state index contributed by atoms with van der Waals surface area (Å²) in [5.41, 5.74) is 6.84. The van der Waals surface area contributed by atoms with Gasteiger partial charge < -0.3 is 16.2 Å². The normalized spacial score (nSPS) is 23.2. The van der Waals surface area contributed by atoms with E-state index in [4.69, 9.17) is 5.73 Å². The first kappa shape index (κ1) is 13.1. The molecule has 0 saturated heterocycles. The van der Waals surface area contributed by atoms with E-state index < -0.39 is 5.91 Å². The average Bonchev–Trinajstić information content (AvgIpc) is 2.84. The van der Waals surface area contributed by atoms with E-state index in [1.54, 1.807) is 6.07 Å². The molecular weight excluding hydrogens is 228 g/mol. The van der Waals surface area contributed by atoms with Crippen molar-refractivity contribution in [2.45, 2.75) is 31.8 Å². The molecule has 1 aromatic rings. The summed E-state index contributed by atoms with van der Waals surface area (Å²) in [7, 11) is 0. The molecule has 1 saturated carbocycles. The van der Waals surface area contributed by atoms with Crippen molar-refractivity contribution in [3.63, 3.8) is 0 Å². The SMILES string of the molecule is NC(=O)c1ccccc1CNC1CCCC1CO. The molecule has 4 nitrogen and oxygen atoms in total. The summed E-state index contributed by atoms with van der Waals surface area (Å²) in [5, 5.41) is 12.7. The number of primary amides is 1. The van der Waals surface area contributed by atoms with Gasteiger partial charge in [0.1, 0.15) is 0 Å². The topological polar surface area (TPSA) is 75.4 Å². The van der Waals surface area contributed by atoms with E-state index in [0.29, 0.717) is 24.1 Å². The number of benzene rings is 1. The van der Waals surface area contributed by atoms with Crippen molar-refractivity contribution in [2.75, 3.05) is 6.61 Å². The largest absolute Gasteiger partial charge is 0.396 e. The van der Waals surface area contributed by atoms with E-state index in [0.717, 1.165) is 24.8 Å². The van der Waals surface area contributed by atoms with Crippen molar-refractivity contribution < 1.29 is 9.90 Å². The predicted octanol–water partition coefficient (Wildman–Crippen LogP) is 1.04. The summed E-state index contributed by atoms with van der Waals surface area (Å²) in [6, 6.07) is 7.72. The molecule has 0 heterocycles. The predicted molar refractivity (Wildman–Crippen MR) is 70.0 cm³/mol. The molecule has 4 heteroatoms. The Labute approximate surface area is 107 Å². The first-order valence-corrected chi connectivity index (χ1v) is 6.44. The number of aliphatic hydroxyl groups excluding tert-OH is 1. The van der Waals surface area contributed by atoms with Crippen LogP contribution in [0.3, 0.4) is 0 Å². The van der Waals surface area contributed by atoms with Crippen molar-refractivity contribution in [3.8, 4) is 0 Å². The van der Waals surface area contributed by atoms with Crippen LogP contribution in [0, 0.1) is 5.92 Å². The first-order chi connectivity index (χ1) is 8.72. The van der Waals surface area contributed by atoms with E-state index >= 15 is 0 Å². The third-order valence-corrected chi connectivity index (χ3v) is 3.73. The standard InChI is InChI=1S/C14H20N2O2/c15-14(18)12-6-2-1-4-10(12)8-16-13-7-3-5-11(13)9-17/h1-2,4,6,11,13,16-17H,3,5,7-9H2,(H2,15,18). The Balaban J connectivity index is 2.00. The molecule has 0 aliphatic heterocycles. The molecule has 0 bridgehead atoms. The molecule has 1 fully saturated rings. The fourth-order valence-corrected chi connectivity index (χ4v) is 2.68. The Morgan fingerprint density at radius 3 is 2.89 bits per heavy atom. The van der Waals surface area contributed by atoms with Gasteiger partial charge in [-0.1, -0.05) is 24.6 Å². The van der Waals surface area contributed by atoms with Gasteiger partial charge in [-0.2, -0.15) is 0 Å². The Morgan fingerprint density at radius 2 is 2.17 bits per heavy atom. The smallest absolute Gasteiger partial charge is 0.249 e. The van der Waals surface area contributed by atoms with E-state index in [-0.39, 0.29) is 6.61 Å². The van der Waals surface area contributed by atoms with Gasteiger partial charge in [0.05, 0.1) is 0 Å². The molecule has 4 N–H and O–H groups in total. The van der Waals surface area contributed by atoms with E-state index in [1.807, 2.05) is 18.2 Å². The summed E-state index contributed by atoms with van der Waals surface area (Å²) >= 11 is 0. The quantitative estimate of drug-likeness (QED) is 0.728. The zero-order chi connectivity index (χ0) is 13.0. The van der Waals surface area contributed by atoms with E-state index in [1.165, 1.54) is 0 Å². The lowest BCUT2D eigenvalue weighted by atomic mass is 10.0. The molecule has 1 aliphatic carbocycles. The van der Waals surface area contributed by atoms with Gasteiger partial charge in [-0.05, 0) is 30.4 Å². The highest BCUT2D eigenvalue weighted by molar-refractivity contribution is 5.94. The highest BCUT2D eigenvalue weighted by atomic mass is 16.3. The van der Waals surface area contributed by atoms with Crippen LogP contribution >= 0.6 is 0 Å². The zero-order valence-electron chi connectivity index (χ0n) is 10.4. The van der Waals surface area contributed by atoms with Gasteiger partial charge in [0.2, 0.25) is 5.91 Å². The van der Waals surface area contributed by atoms with Crippen molar-refractivity contribution in [1.82, 2.24) is 5.32 Å². The third-order valence-electron chi connectivity index (χ3n) is 3.73. The second-order valence-corrected chi connectivity index (χ2v) is 4.88. The van der Waals surface area contributed by atoms with Gasteiger partial charge in [-0.3, -0.25) is 4.79 Å². The Hall–Kier alpha value is -1.39. The van der Waals surface area contributed by atoms with Gasteiger partial charge in [-0.15, -0.1) is 0 Å². The molecule has 2 atom stereocenters. The number of aliphatic hydroxyl groups is 1. The minimum atomic E-state index is -0.391. The molecule has 0 radical (unpaired) electrons.